The van der Waals surface area contributed by atoms with Crippen LogP contribution < -0.4 is 4.74 Å². The third-order valence-electron chi connectivity index (χ3n) is 4.91. The largest absolute Gasteiger partial charge is 0.497 e. The molecule has 0 N–H and O–H groups in total. The summed E-state index contributed by atoms with van der Waals surface area (Å²) in [6.45, 7) is 5.38. The van der Waals surface area contributed by atoms with Crippen LogP contribution in [-0.4, -0.2) is 41.6 Å². The maximum absolute atomic E-state index is 5.31. The summed E-state index contributed by atoms with van der Waals surface area (Å²) in [7, 11) is 1.70. The Bertz CT molecular complexity index is 902. The number of aromatic nitrogens is 1. The fourth-order valence-electron chi connectivity index (χ4n) is 3.44. The molecular weight excluding hydrogens is 340 g/mol. The van der Waals surface area contributed by atoms with Gasteiger partial charge in [0.15, 0.2) is 0 Å². The molecule has 2 heterocycles. The van der Waals surface area contributed by atoms with Crippen molar-refractivity contribution in [3.8, 4) is 17.0 Å². The van der Waals surface area contributed by atoms with Crippen LogP contribution in [0.4, 0.5) is 0 Å². The molecule has 0 amide bonds. The zero-order chi connectivity index (χ0) is 17.9. The molecule has 1 saturated heterocycles. The first kappa shape index (κ1) is 17.4. The Balaban J connectivity index is 1.79. The van der Waals surface area contributed by atoms with Crippen LogP contribution in [-0.2, 0) is 6.54 Å². The topological polar surface area (TPSA) is 25.4 Å². The van der Waals surface area contributed by atoms with Gasteiger partial charge in [-0.1, -0.05) is 12.1 Å². The van der Waals surface area contributed by atoms with Gasteiger partial charge in [0.25, 0.3) is 0 Å². The zero-order valence-corrected chi connectivity index (χ0v) is 16.2. The highest BCUT2D eigenvalue weighted by atomic mass is 32.2. The van der Waals surface area contributed by atoms with Gasteiger partial charge in [0.1, 0.15) is 5.75 Å². The van der Waals surface area contributed by atoms with E-state index in [2.05, 4.69) is 48.2 Å². The van der Waals surface area contributed by atoms with Crippen LogP contribution in [0.5, 0.6) is 5.75 Å². The molecule has 0 atom stereocenters. The van der Waals surface area contributed by atoms with Gasteiger partial charge >= 0.3 is 0 Å². The highest BCUT2D eigenvalue weighted by Crippen LogP contribution is 2.29. The van der Waals surface area contributed by atoms with Crippen LogP contribution in [0.2, 0.25) is 0 Å². The molecule has 1 aliphatic rings. The first-order valence-corrected chi connectivity index (χ1v) is 10.2. The summed E-state index contributed by atoms with van der Waals surface area (Å²) in [6.07, 6.45) is 0. The number of fused-ring (bicyclic) bond motifs is 1. The second kappa shape index (κ2) is 7.68. The minimum Gasteiger partial charge on any atom is -0.497 e. The van der Waals surface area contributed by atoms with Crippen molar-refractivity contribution in [2.24, 2.45) is 0 Å². The van der Waals surface area contributed by atoms with E-state index in [1.54, 1.807) is 7.11 Å². The number of rotatable bonds is 4. The van der Waals surface area contributed by atoms with Gasteiger partial charge in [-0.05, 0) is 54.4 Å². The standard InChI is InChI=1S/C22H24N2OS/c1-16-3-4-18-14-19(15-24-9-11-26-12-10-24)22(23-21(18)13-16)17-5-7-20(25-2)8-6-17/h3-8,13-14H,9-12,15H2,1-2H3. The van der Waals surface area contributed by atoms with E-state index in [0.717, 1.165) is 42.2 Å². The lowest BCUT2D eigenvalue weighted by Gasteiger charge is -2.27. The van der Waals surface area contributed by atoms with E-state index in [0.29, 0.717) is 0 Å². The van der Waals surface area contributed by atoms with Crippen LogP contribution in [0.3, 0.4) is 0 Å². The number of pyridine rings is 1. The Hall–Kier alpha value is -2.04. The van der Waals surface area contributed by atoms with Gasteiger partial charge in [0, 0.05) is 42.1 Å². The molecule has 1 aliphatic heterocycles. The van der Waals surface area contributed by atoms with Crippen LogP contribution in [0.15, 0.2) is 48.5 Å². The minimum absolute atomic E-state index is 0.875. The summed E-state index contributed by atoms with van der Waals surface area (Å²) in [4.78, 5) is 7.60. The third kappa shape index (κ3) is 3.71. The van der Waals surface area contributed by atoms with Crippen molar-refractivity contribution >= 4 is 22.7 Å². The number of thioether (sulfide) groups is 1. The van der Waals surface area contributed by atoms with E-state index in [4.69, 9.17) is 9.72 Å². The molecular formula is C22H24N2OS. The summed E-state index contributed by atoms with van der Waals surface area (Å²) in [5, 5.41) is 1.22. The van der Waals surface area contributed by atoms with Crippen LogP contribution >= 0.6 is 11.8 Å². The van der Waals surface area contributed by atoms with Crippen LogP contribution in [0, 0.1) is 6.92 Å². The molecule has 4 heteroatoms. The van der Waals surface area contributed by atoms with Crippen molar-refractivity contribution in [1.29, 1.82) is 0 Å². The summed E-state index contributed by atoms with van der Waals surface area (Å²) in [5.41, 5.74) is 5.85. The molecule has 26 heavy (non-hydrogen) atoms. The Morgan fingerprint density at radius 1 is 1.04 bits per heavy atom. The van der Waals surface area contributed by atoms with Gasteiger partial charge in [-0.15, -0.1) is 0 Å². The highest BCUT2D eigenvalue weighted by molar-refractivity contribution is 7.99. The van der Waals surface area contributed by atoms with Crippen molar-refractivity contribution in [2.45, 2.75) is 13.5 Å². The fraction of sp³-hybridized carbons (Fsp3) is 0.318. The summed E-state index contributed by atoms with van der Waals surface area (Å²) in [5.74, 6) is 3.32. The van der Waals surface area contributed by atoms with E-state index >= 15 is 0 Å². The lowest BCUT2D eigenvalue weighted by atomic mass is 10.0. The zero-order valence-electron chi connectivity index (χ0n) is 15.4. The average Bonchev–Trinajstić information content (AvgIpc) is 2.68. The lowest BCUT2D eigenvalue weighted by molar-refractivity contribution is 0.295. The Kier molecular flexibility index (Phi) is 5.14. The van der Waals surface area contributed by atoms with E-state index in [9.17, 15) is 0 Å². The third-order valence-corrected chi connectivity index (χ3v) is 5.86. The van der Waals surface area contributed by atoms with E-state index in [-0.39, 0.29) is 0 Å². The molecule has 4 rings (SSSR count). The van der Waals surface area contributed by atoms with Crippen LogP contribution in [0.25, 0.3) is 22.2 Å². The molecule has 3 nitrogen and oxygen atoms in total. The SMILES string of the molecule is COc1ccc(-c2nc3cc(C)ccc3cc2CN2CCSCC2)cc1. The second-order valence-electron chi connectivity index (χ2n) is 6.81. The molecule has 0 saturated carbocycles. The molecule has 134 valence electrons. The smallest absolute Gasteiger partial charge is 0.118 e. The fourth-order valence-corrected chi connectivity index (χ4v) is 4.42. The first-order valence-electron chi connectivity index (χ1n) is 9.08. The average molecular weight is 365 g/mol. The number of hydrogen-bond acceptors (Lipinski definition) is 4. The number of benzene rings is 2. The summed E-state index contributed by atoms with van der Waals surface area (Å²) < 4.78 is 5.31. The number of methoxy groups -OCH3 is 1. The molecule has 1 aromatic heterocycles. The van der Waals surface area contributed by atoms with Crippen molar-refractivity contribution in [3.05, 3.63) is 59.7 Å². The molecule has 0 bridgehead atoms. The Morgan fingerprint density at radius 3 is 2.54 bits per heavy atom. The minimum atomic E-state index is 0.875. The van der Waals surface area contributed by atoms with Gasteiger partial charge in [-0.3, -0.25) is 4.90 Å². The molecule has 0 aliphatic carbocycles. The van der Waals surface area contributed by atoms with Crippen molar-refractivity contribution in [1.82, 2.24) is 9.88 Å². The molecule has 0 spiro atoms. The van der Waals surface area contributed by atoms with Gasteiger partial charge < -0.3 is 4.74 Å². The predicted molar refractivity (Wildman–Crippen MR) is 111 cm³/mol. The number of ether oxygens (including phenoxy) is 1. The Morgan fingerprint density at radius 2 is 1.81 bits per heavy atom. The first-order chi connectivity index (χ1) is 12.7. The monoisotopic (exact) mass is 364 g/mol. The molecule has 0 radical (unpaired) electrons. The number of aryl methyl sites for hydroxylation is 1. The normalized spacial score (nSPS) is 15.3. The maximum Gasteiger partial charge on any atom is 0.118 e. The van der Waals surface area contributed by atoms with Gasteiger partial charge in [-0.2, -0.15) is 11.8 Å². The summed E-state index contributed by atoms with van der Waals surface area (Å²) in [6, 6.07) is 17.1. The highest BCUT2D eigenvalue weighted by Gasteiger charge is 2.16. The van der Waals surface area contributed by atoms with E-state index < -0.39 is 0 Å². The second-order valence-corrected chi connectivity index (χ2v) is 8.03. The maximum atomic E-state index is 5.31. The predicted octanol–water partition coefficient (Wildman–Crippen LogP) is 4.77. The number of nitrogens with zero attached hydrogens (tertiary/aromatic N) is 2. The van der Waals surface area contributed by atoms with Crippen LogP contribution in [0.1, 0.15) is 11.1 Å². The van der Waals surface area contributed by atoms with Gasteiger partial charge in [0.05, 0.1) is 18.3 Å². The Labute approximate surface area is 159 Å². The lowest BCUT2D eigenvalue weighted by Crippen LogP contribution is -2.32. The van der Waals surface area contributed by atoms with Crippen molar-refractivity contribution < 1.29 is 4.74 Å². The van der Waals surface area contributed by atoms with E-state index in [1.165, 1.54) is 28.0 Å². The molecule has 3 aromatic rings. The summed E-state index contributed by atoms with van der Waals surface area (Å²) >= 11 is 2.05. The van der Waals surface area contributed by atoms with E-state index in [1.807, 2.05) is 23.9 Å². The molecule has 0 unspecified atom stereocenters. The van der Waals surface area contributed by atoms with Crippen molar-refractivity contribution in [2.75, 3.05) is 31.7 Å². The number of hydrogen-bond donors (Lipinski definition) is 0. The molecule has 2 aromatic carbocycles. The molecule has 1 fully saturated rings. The van der Waals surface area contributed by atoms with Gasteiger partial charge in [-0.25, -0.2) is 4.98 Å². The quantitative estimate of drug-likeness (QED) is 0.666. The van der Waals surface area contributed by atoms with Crippen molar-refractivity contribution in [3.63, 3.8) is 0 Å². The van der Waals surface area contributed by atoms with Gasteiger partial charge in [0.2, 0.25) is 0 Å².